The highest BCUT2D eigenvalue weighted by Gasteiger charge is 2.09. The lowest BCUT2D eigenvalue weighted by molar-refractivity contribution is -0.109. The lowest BCUT2D eigenvalue weighted by atomic mass is 10.1. The second kappa shape index (κ2) is 19.7. The smallest absolute Gasteiger partial charge is 0.211 e. The molecule has 43 heavy (non-hydrogen) atoms. The minimum absolute atomic E-state index is 0.639. The van der Waals surface area contributed by atoms with Crippen LogP contribution in [0.15, 0.2) is 96.4 Å². The highest BCUT2D eigenvalue weighted by Crippen LogP contribution is 2.21. The van der Waals surface area contributed by atoms with Gasteiger partial charge in [0.1, 0.15) is 11.5 Å². The van der Waals surface area contributed by atoms with Gasteiger partial charge in [-0.05, 0) is 106 Å². The highest BCUT2D eigenvalue weighted by atomic mass is 16.5. The number of hydrogen-bond acceptors (Lipinski definition) is 5. The van der Waals surface area contributed by atoms with Gasteiger partial charge in [-0.25, -0.2) is 0 Å². The largest absolute Gasteiger partial charge is 0.456 e. The van der Waals surface area contributed by atoms with Crippen molar-refractivity contribution in [2.24, 2.45) is 0 Å². The molecule has 0 unspecified atom stereocenters. The molecule has 1 aliphatic heterocycles. The Bertz CT molecular complexity index is 1370. The van der Waals surface area contributed by atoms with E-state index in [1.54, 1.807) is 0 Å². The van der Waals surface area contributed by atoms with E-state index in [-0.39, 0.29) is 0 Å². The van der Waals surface area contributed by atoms with Gasteiger partial charge in [0.05, 0.1) is 5.70 Å². The molecule has 3 aromatic rings. The van der Waals surface area contributed by atoms with E-state index in [0.29, 0.717) is 12.2 Å². The Morgan fingerprint density at radius 3 is 2.30 bits per heavy atom. The molecule has 7 nitrogen and oxygen atoms in total. The second-order valence-electron chi connectivity index (χ2n) is 10.4. The van der Waals surface area contributed by atoms with Crippen LogP contribution in [0.3, 0.4) is 0 Å². The van der Waals surface area contributed by atoms with Crippen LogP contribution in [0.5, 0.6) is 5.75 Å². The number of fused-ring (bicyclic) bond motifs is 1. The molecule has 0 radical (unpaired) electrons. The van der Waals surface area contributed by atoms with Crippen LogP contribution in [0.25, 0.3) is 10.8 Å². The number of ether oxygens (including phenoxy) is 1. The highest BCUT2D eigenvalue weighted by molar-refractivity contribution is 5.87. The van der Waals surface area contributed by atoms with Gasteiger partial charge < -0.3 is 25.6 Å². The fourth-order valence-corrected chi connectivity index (χ4v) is 4.35. The lowest BCUT2D eigenvalue weighted by Crippen LogP contribution is -2.29. The fourth-order valence-electron chi connectivity index (χ4n) is 4.35. The van der Waals surface area contributed by atoms with Crippen LogP contribution in [-0.4, -0.2) is 50.9 Å². The van der Waals surface area contributed by atoms with Crippen molar-refractivity contribution in [3.63, 3.8) is 0 Å². The summed E-state index contributed by atoms with van der Waals surface area (Å²) in [6.07, 6.45) is 9.18. The second-order valence-corrected chi connectivity index (χ2v) is 10.4. The molecule has 0 spiro atoms. The van der Waals surface area contributed by atoms with Crippen molar-refractivity contribution in [1.29, 1.82) is 0 Å². The summed E-state index contributed by atoms with van der Waals surface area (Å²) in [5.41, 5.74) is 5.54. The standard InChI is InChI=1S/C18H25NO.C11H9NO.C7H14N2O/c1-7-13(2)8-11-18(19-6)16(5)20-17-10-9-14(3)15(4)12-17;13-8-12-11-6-5-9-3-1-2-4-10(9)7-11;10-7-8-3-6-9-4-1-2-5-9/h7,9-12,19H,5,8H2,1-4,6H3;1-8H,(H,12,13);7H,1-6H2,(H,8,10)/b13-7-,18-11?;;. The zero-order chi connectivity index (χ0) is 31.5. The molecule has 3 N–H and O–H groups in total. The average Bonchev–Trinajstić information content (AvgIpc) is 3.54. The quantitative estimate of drug-likeness (QED) is 0.0710. The minimum Gasteiger partial charge on any atom is -0.456 e. The zero-order valence-corrected chi connectivity index (χ0v) is 26.4. The summed E-state index contributed by atoms with van der Waals surface area (Å²) in [7, 11) is 1.88. The van der Waals surface area contributed by atoms with Crippen molar-refractivity contribution in [2.75, 3.05) is 38.5 Å². The van der Waals surface area contributed by atoms with E-state index in [9.17, 15) is 9.59 Å². The number of rotatable bonds is 12. The van der Waals surface area contributed by atoms with Crippen molar-refractivity contribution in [3.8, 4) is 5.75 Å². The predicted octanol–water partition coefficient (Wildman–Crippen LogP) is 6.89. The molecule has 3 aromatic carbocycles. The number of aryl methyl sites for hydroxylation is 2. The van der Waals surface area contributed by atoms with Gasteiger partial charge in [-0.15, -0.1) is 0 Å². The number of benzene rings is 3. The van der Waals surface area contributed by atoms with Crippen LogP contribution >= 0.6 is 0 Å². The Morgan fingerprint density at radius 2 is 1.67 bits per heavy atom. The summed E-state index contributed by atoms with van der Waals surface area (Å²) >= 11 is 0. The maximum absolute atomic E-state index is 10.2. The van der Waals surface area contributed by atoms with Gasteiger partial charge in [-0.2, -0.15) is 0 Å². The van der Waals surface area contributed by atoms with Gasteiger partial charge >= 0.3 is 0 Å². The number of anilines is 1. The van der Waals surface area contributed by atoms with E-state index >= 15 is 0 Å². The number of carbonyl (C=O) groups is 2. The van der Waals surface area contributed by atoms with Crippen LogP contribution in [0, 0.1) is 13.8 Å². The summed E-state index contributed by atoms with van der Waals surface area (Å²) in [6, 6.07) is 19.9. The number of allylic oxidation sites excluding steroid dienone is 3. The lowest BCUT2D eigenvalue weighted by Gasteiger charge is -2.13. The SMILES string of the molecule is C=C(Oc1ccc(C)c(C)c1)C(=CC/C(C)=C\C)NC.O=CNCCN1CCCC1.O=CNc1ccc2ccccc2c1. The van der Waals surface area contributed by atoms with Gasteiger partial charge in [0.2, 0.25) is 12.8 Å². The van der Waals surface area contributed by atoms with E-state index in [1.165, 1.54) is 48.0 Å². The molecule has 1 heterocycles. The first-order valence-electron chi connectivity index (χ1n) is 14.8. The average molecular weight is 585 g/mol. The number of nitrogens with zero attached hydrogens (tertiary/aromatic N) is 1. The molecule has 1 fully saturated rings. The molecule has 0 aliphatic carbocycles. The molecule has 4 rings (SSSR count). The predicted molar refractivity (Wildman–Crippen MR) is 180 cm³/mol. The van der Waals surface area contributed by atoms with Gasteiger partial charge in [-0.3, -0.25) is 9.59 Å². The zero-order valence-electron chi connectivity index (χ0n) is 26.4. The summed E-state index contributed by atoms with van der Waals surface area (Å²) in [5.74, 6) is 1.46. The first-order chi connectivity index (χ1) is 20.8. The molecule has 0 saturated carbocycles. The summed E-state index contributed by atoms with van der Waals surface area (Å²) < 4.78 is 5.82. The van der Waals surface area contributed by atoms with Crippen molar-refractivity contribution >= 4 is 29.3 Å². The maximum atomic E-state index is 10.2. The fraction of sp³-hybridized carbons (Fsp3) is 0.333. The van der Waals surface area contributed by atoms with Crippen LogP contribution in [0.4, 0.5) is 5.69 Å². The van der Waals surface area contributed by atoms with Crippen molar-refractivity contribution in [3.05, 3.63) is 108 Å². The van der Waals surface area contributed by atoms with Gasteiger partial charge in [0.15, 0.2) is 0 Å². The summed E-state index contributed by atoms with van der Waals surface area (Å²) in [5, 5.41) is 10.7. The first kappa shape index (κ1) is 34.8. The van der Waals surface area contributed by atoms with E-state index in [1.807, 2.05) is 68.6 Å². The van der Waals surface area contributed by atoms with Crippen molar-refractivity contribution < 1.29 is 14.3 Å². The number of amides is 2. The minimum atomic E-state index is 0.639. The number of nitrogens with one attached hydrogen (secondary N) is 3. The van der Waals surface area contributed by atoms with Gasteiger partial charge in [0.25, 0.3) is 0 Å². The third-order valence-corrected chi connectivity index (χ3v) is 7.24. The van der Waals surface area contributed by atoms with Crippen molar-refractivity contribution in [1.82, 2.24) is 15.5 Å². The monoisotopic (exact) mass is 584 g/mol. The van der Waals surface area contributed by atoms with E-state index < -0.39 is 0 Å². The molecule has 0 bridgehead atoms. The maximum Gasteiger partial charge on any atom is 0.211 e. The number of hydrogen-bond donors (Lipinski definition) is 3. The Kier molecular flexibility index (Phi) is 16.0. The molecule has 0 atom stereocenters. The Hall–Kier alpha value is -4.36. The van der Waals surface area contributed by atoms with E-state index in [4.69, 9.17) is 4.74 Å². The first-order valence-corrected chi connectivity index (χ1v) is 14.8. The molecular formula is C36H48N4O3. The molecule has 230 valence electrons. The van der Waals surface area contributed by atoms with Crippen LogP contribution in [-0.2, 0) is 9.59 Å². The molecule has 2 amide bonds. The Balaban J connectivity index is 0.000000240. The number of carbonyl (C=O) groups excluding carboxylic acids is 2. The molecule has 7 heteroatoms. The van der Waals surface area contributed by atoms with Crippen LogP contribution in [0.2, 0.25) is 0 Å². The van der Waals surface area contributed by atoms with E-state index in [2.05, 4.69) is 66.4 Å². The summed E-state index contributed by atoms with van der Waals surface area (Å²) in [6.45, 7) is 16.6. The van der Waals surface area contributed by atoms with Gasteiger partial charge in [0, 0.05) is 25.8 Å². The Morgan fingerprint density at radius 1 is 0.953 bits per heavy atom. The van der Waals surface area contributed by atoms with Crippen LogP contribution < -0.4 is 20.7 Å². The summed E-state index contributed by atoms with van der Waals surface area (Å²) in [4.78, 5) is 22.4. The van der Waals surface area contributed by atoms with Crippen molar-refractivity contribution in [2.45, 2.75) is 47.0 Å². The topological polar surface area (TPSA) is 82.7 Å². The molecule has 1 aliphatic rings. The molecular weight excluding hydrogens is 536 g/mol. The Labute approximate surface area is 257 Å². The van der Waals surface area contributed by atoms with Gasteiger partial charge in [-0.1, -0.05) is 60.7 Å². The molecule has 0 aromatic heterocycles. The molecule has 1 saturated heterocycles. The normalized spacial score (nSPS) is 13.1. The number of likely N-dealkylation sites (N-methyl/N-ethyl adjacent to an activating group) is 1. The van der Waals surface area contributed by atoms with E-state index in [0.717, 1.165) is 48.4 Å². The van der Waals surface area contributed by atoms with Crippen LogP contribution in [0.1, 0.15) is 44.2 Å². The third kappa shape index (κ3) is 13.0. The third-order valence-electron chi connectivity index (χ3n) is 7.24. The number of likely N-dealkylation sites (tertiary alicyclic amines) is 1.